The van der Waals surface area contributed by atoms with Gasteiger partial charge in [-0.15, -0.1) is 0 Å². The molecule has 2 aliphatic heterocycles. The van der Waals surface area contributed by atoms with Gasteiger partial charge in [-0.1, -0.05) is 54.6 Å². The fraction of sp³-hybridized carbons (Fsp3) is 0.378. The molecule has 1 fully saturated rings. The van der Waals surface area contributed by atoms with Crippen LogP contribution in [-0.4, -0.2) is 118 Å². The number of esters is 2. The molecule has 60 heavy (non-hydrogen) atoms. The third-order valence-electron chi connectivity index (χ3n) is 7.82. The van der Waals surface area contributed by atoms with Gasteiger partial charge < -0.3 is 44.2 Å². The average Bonchev–Trinajstić information content (AvgIpc) is 3.60. The van der Waals surface area contributed by atoms with E-state index in [1.54, 1.807) is 42.5 Å². The van der Waals surface area contributed by atoms with Crippen LogP contribution in [0.15, 0.2) is 78.9 Å². The van der Waals surface area contributed by atoms with Crippen molar-refractivity contribution in [2.24, 2.45) is 5.92 Å². The van der Waals surface area contributed by atoms with Crippen LogP contribution in [0.2, 0.25) is 0 Å². The van der Waals surface area contributed by atoms with Gasteiger partial charge in [0, 0.05) is 29.9 Å². The summed E-state index contributed by atoms with van der Waals surface area (Å²) in [5.41, 5.74) is 1.54. The molecule has 328 valence electrons. The van der Waals surface area contributed by atoms with E-state index in [0.29, 0.717) is 28.9 Å². The maximum Gasteiger partial charge on any atom is 0.559 e. The normalized spacial score (nSPS) is 17.8. The SMILES string of the molecule is CP(=O)(O)CCC(=O)O.O=C(CC(CP1(=O)Oc2ccccc2-c2ccccc21)C(=O)OCCO)OCCO.O=C(O)CCP(=O)(O)c1ccccc1.O=C1CC[P+](=O)O1. The molecule has 6 N–H and O–H groups in total. The predicted molar refractivity (Wildman–Crippen MR) is 218 cm³/mol. The third-order valence-corrected chi connectivity index (χ3v) is 14.3. The van der Waals surface area contributed by atoms with E-state index in [2.05, 4.69) is 4.52 Å². The van der Waals surface area contributed by atoms with Gasteiger partial charge in [-0.25, -0.2) is 9.32 Å². The Morgan fingerprint density at radius 1 is 0.817 bits per heavy atom. The van der Waals surface area contributed by atoms with Crippen LogP contribution >= 0.6 is 30.1 Å². The molecule has 0 saturated carbocycles. The number of ether oxygens (including phenoxy) is 2. The second kappa shape index (κ2) is 25.3. The molecule has 3 aromatic carbocycles. The number of aliphatic hydroxyl groups excluding tert-OH is 2. The number of para-hydroxylation sites is 1. The number of hydrogen-bond donors (Lipinski definition) is 6. The van der Waals surface area contributed by atoms with Crippen molar-refractivity contribution < 1.29 is 91.0 Å². The Morgan fingerprint density at radius 2 is 1.37 bits per heavy atom. The standard InChI is InChI=1S/C21H23O8P.C9H11O4P.C4H9O4P.C3H4O3P/c22-9-11-27-20(24)13-15(21(25)28-12-10-23)14-30(26)19-8-4-2-6-17(19)16-5-1-3-7-18(16)29-30;10-9(11)6-7-14(12,13)8-4-2-1-3-5-8;1-9(7,8)3-2-4(5)6;4-3-1-2-7(5)6-3/h1-8,15,22-23H,9-14H2;1-5H,6-7H2,(H,10,11)(H,12,13);2-3H2,1H3,(H,5,6)(H,7,8);1-2H2/q;;;+1. The molecule has 0 aliphatic carbocycles. The Kier molecular flexibility index (Phi) is 21.7. The van der Waals surface area contributed by atoms with Crippen LogP contribution in [0.5, 0.6) is 5.75 Å². The number of carboxylic acids is 2. The highest BCUT2D eigenvalue weighted by atomic mass is 31.2. The molecule has 0 aromatic heterocycles. The van der Waals surface area contributed by atoms with Gasteiger partial charge in [0.25, 0.3) is 7.37 Å². The van der Waals surface area contributed by atoms with Crippen LogP contribution in [0, 0.1) is 5.92 Å². The summed E-state index contributed by atoms with van der Waals surface area (Å²) in [6, 6.07) is 22.3. The zero-order valence-electron chi connectivity index (χ0n) is 32.3. The quantitative estimate of drug-likeness (QED) is 0.0878. The number of hydrogen-bond acceptors (Lipinski definition) is 15. The summed E-state index contributed by atoms with van der Waals surface area (Å²) < 4.78 is 66.1. The maximum atomic E-state index is 13.9. The number of aliphatic carboxylic acids is 2. The lowest BCUT2D eigenvalue weighted by Crippen LogP contribution is -2.30. The van der Waals surface area contributed by atoms with Gasteiger partial charge in [0.2, 0.25) is 7.37 Å². The minimum absolute atomic E-state index is 0.137. The second-order valence-electron chi connectivity index (χ2n) is 12.8. The zero-order valence-corrected chi connectivity index (χ0v) is 35.9. The molecular formula is C37H47O19P4+. The minimum atomic E-state index is -3.58. The van der Waals surface area contributed by atoms with Crippen molar-refractivity contribution in [1.29, 1.82) is 0 Å². The first kappa shape index (κ1) is 51.6. The van der Waals surface area contributed by atoms with Gasteiger partial charge in [-0.2, -0.15) is 0 Å². The Hall–Kier alpha value is -4.56. The van der Waals surface area contributed by atoms with E-state index in [-0.39, 0.29) is 70.1 Å². The van der Waals surface area contributed by atoms with E-state index in [9.17, 15) is 47.1 Å². The molecule has 2 heterocycles. The molecule has 0 spiro atoms. The largest absolute Gasteiger partial charge is 0.559 e. The fourth-order valence-electron chi connectivity index (χ4n) is 5.03. The molecule has 5 unspecified atom stereocenters. The molecular weight excluding hydrogens is 872 g/mol. The third kappa shape index (κ3) is 18.8. The summed E-state index contributed by atoms with van der Waals surface area (Å²) >= 11 is 0. The average molecular weight is 920 g/mol. The van der Waals surface area contributed by atoms with Gasteiger partial charge >= 0.3 is 37.9 Å². The van der Waals surface area contributed by atoms with Crippen molar-refractivity contribution in [1.82, 2.24) is 0 Å². The molecule has 5 atom stereocenters. The number of carbonyl (C=O) groups is 5. The molecule has 0 radical (unpaired) electrons. The van der Waals surface area contributed by atoms with E-state index >= 15 is 0 Å². The molecule has 19 nitrogen and oxygen atoms in total. The predicted octanol–water partition coefficient (Wildman–Crippen LogP) is 3.82. The van der Waals surface area contributed by atoms with Gasteiger partial charge in [0.15, 0.2) is 13.5 Å². The first-order valence-electron chi connectivity index (χ1n) is 18.0. The molecule has 3 aromatic rings. The molecule has 1 saturated heterocycles. The Balaban J connectivity index is 0.000000338. The summed E-state index contributed by atoms with van der Waals surface area (Å²) in [7, 11) is -11.8. The smallest absolute Gasteiger partial charge is 0.481 e. The lowest BCUT2D eigenvalue weighted by Gasteiger charge is -2.30. The topological polar surface area (TPSA) is 312 Å². The van der Waals surface area contributed by atoms with Gasteiger partial charge in [-0.3, -0.25) is 32.9 Å². The van der Waals surface area contributed by atoms with E-state index in [4.69, 9.17) is 39.3 Å². The number of fused-ring (bicyclic) bond motifs is 3. The lowest BCUT2D eigenvalue weighted by molar-refractivity contribution is -0.155. The molecule has 0 amide bonds. The number of benzene rings is 3. The summed E-state index contributed by atoms with van der Waals surface area (Å²) in [5.74, 6) is -4.60. The van der Waals surface area contributed by atoms with Crippen LogP contribution in [-0.2, 0) is 56.2 Å². The van der Waals surface area contributed by atoms with Crippen molar-refractivity contribution >= 4 is 70.6 Å². The second-order valence-corrected chi connectivity index (χ2v) is 21.4. The Labute approximate surface area is 345 Å². The highest BCUT2D eigenvalue weighted by molar-refractivity contribution is 7.68. The molecule has 5 rings (SSSR count). The summed E-state index contributed by atoms with van der Waals surface area (Å²) in [5, 5.41) is 35.0. The van der Waals surface area contributed by atoms with Gasteiger partial charge in [-0.05, 0) is 34.4 Å². The monoisotopic (exact) mass is 919 g/mol. The maximum absolute atomic E-state index is 13.9. The molecule has 2 aliphatic rings. The van der Waals surface area contributed by atoms with Crippen molar-refractivity contribution in [3.8, 4) is 16.9 Å². The van der Waals surface area contributed by atoms with Crippen molar-refractivity contribution in [3.63, 3.8) is 0 Å². The Bertz CT molecular complexity index is 2070. The van der Waals surface area contributed by atoms with Crippen molar-refractivity contribution in [2.75, 3.05) is 57.7 Å². The summed E-state index contributed by atoms with van der Waals surface area (Å²) in [6.07, 6.45) is -0.788. The first-order valence-corrected chi connectivity index (χ1v) is 25.3. The van der Waals surface area contributed by atoms with Crippen LogP contribution in [0.25, 0.3) is 11.1 Å². The van der Waals surface area contributed by atoms with Crippen molar-refractivity contribution in [3.05, 3.63) is 78.9 Å². The van der Waals surface area contributed by atoms with Gasteiger partial charge in [0.1, 0.15) is 19.0 Å². The highest BCUT2D eigenvalue weighted by Gasteiger charge is 2.41. The van der Waals surface area contributed by atoms with Crippen molar-refractivity contribution in [2.45, 2.75) is 25.7 Å². The number of aliphatic hydroxyl groups is 2. The molecule has 0 bridgehead atoms. The minimum Gasteiger partial charge on any atom is -0.481 e. The number of rotatable bonds is 16. The summed E-state index contributed by atoms with van der Waals surface area (Å²) in [6.45, 7) is -0.0297. The first-order chi connectivity index (χ1) is 28.2. The zero-order chi connectivity index (χ0) is 44.9. The number of carbonyl (C=O) groups excluding carboxylic acids is 3. The number of carboxylic acid groups (broad SMARTS) is 2. The fourth-order valence-corrected chi connectivity index (χ4v) is 10.4. The van der Waals surface area contributed by atoms with Gasteiger partial charge in [0.05, 0.1) is 56.3 Å². The van der Waals surface area contributed by atoms with E-state index in [1.807, 2.05) is 24.3 Å². The van der Waals surface area contributed by atoms with Crippen LogP contribution < -0.4 is 15.1 Å². The molecule has 23 heteroatoms. The van der Waals surface area contributed by atoms with E-state index in [1.165, 1.54) is 12.1 Å². The lowest BCUT2D eigenvalue weighted by atomic mass is 10.0. The summed E-state index contributed by atoms with van der Waals surface area (Å²) in [4.78, 5) is 72.8. The van der Waals surface area contributed by atoms with E-state index < -0.39 is 59.9 Å². The van der Waals surface area contributed by atoms with Crippen LogP contribution in [0.4, 0.5) is 0 Å². The highest BCUT2D eigenvalue weighted by Crippen LogP contribution is 2.55. The van der Waals surface area contributed by atoms with Crippen LogP contribution in [0.3, 0.4) is 0 Å². The van der Waals surface area contributed by atoms with E-state index in [0.717, 1.165) is 17.8 Å². The van der Waals surface area contributed by atoms with Crippen LogP contribution in [0.1, 0.15) is 25.7 Å². The Morgan fingerprint density at radius 3 is 1.88 bits per heavy atom.